The Bertz CT molecular complexity index is 1170. The third-order valence-corrected chi connectivity index (χ3v) is 4.18. The van der Waals surface area contributed by atoms with Crippen LogP contribution in [0.4, 0.5) is 32.0 Å². The van der Waals surface area contributed by atoms with Gasteiger partial charge in [-0.3, -0.25) is 4.79 Å². The molecular formula is C22H12F6N2O2. The zero-order valence-electron chi connectivity index (χ0n) is 15.9. The van der Waals surface area contributed by atoms with E-state index in [1.807, 2.05) is 5.32 Å². The topological polar surface area (TPSA) is 66.0 Å². The van der Waals surface area contributed by atoms with Crippen LogP contribution in [0.15, 0.2) is 70.7 Å². The summed E-state index contributed by atoms with van der Waals surface area (Å²) in [5.74, 6) is -0.671. The van der Waals surface area contributed by atoms with E-state index in [0.29, 0.717) is 17.9 Å². The molecule has 0 fully saturated rings. The minimum atomic E-state index is -5.07. The maximum Gasteiger partial charge on any atom is 0.416 e. The first kappa shape index (κ1) is 22.7. The number of nitriles is 1. The van der Waals surface area contributed by atoms with E-state index < -0.39 is 40.6 Å². The molecule has 1 heterocycles. The lowest BCUT2D eigenvalue weighted by Crippen LogP contribution is -2.16. The highest BCUT2D eigenvalue weighted by molar-refractivity contribution is 6.09. The van der Waals surface area contributed by atoms with Crippen LogP contribution >= 0.6 is 0 Å². The molecule has 4 nitrogen and oxygen atoms in total. The lowest BCUT2D eigenvalue weighted by atomic mass is 10.1. The van der Waals surface area contributed by atoms with Crippen LogP contribution in [0, 0.1) is 11.3 Å². The van der Waals surface area contributed by atoms with Crippen molar-refractivity contribution in [2.75, 3.05) is 5.32 Å². The Morgan fingerprint density at radius 1 is 0.906 bits per heavy atom. The summed E-state index contributed by atoms with van der Waals surface area (Å²) in [6.45, 7) is 0. The van der Waals surface area contributed by atoms with Crippen LogP contribution in [0.3, 0.4) is 0 Å². The number of hydrogen-bond acceptors (Lipinski definition) is 3. The van der Waals surface area contributed by atoms with Crippen LogP contribution in [0.2, 0.25) is 0 Å². The van der Waals surface area contributed by atoms with Crippen LogP contribution in [0.25, 0.3) is 17.4 Å². The van der Waals surface area contributed by atoms with Gasteiger partial charge in [0.25, 0.3) is 5.91 Å². The molecule has 0 spiro atoms. The summed E-state index contributed by atoms with van der Waals surface area (Å²) < 4.78 is 83.4. The van der Waals surface area contributed by atoms with E-state index in [-0.39, 0.29) is 11.8 Å². The third kappa shape index (κ3) is 5.37. The number of rotatable bonds is 4. The minimum Gasteiger partial charge on any atom is -0.457 e. The van der Waals surface area contributed by atoms with Gasteiger partial charge in [0.1, 0.15) is 23.2 Å². The third-order valence-electron chi connectivity index (χ3n) is 4.18. The molecule has 10 heteroatoms. The maximum absolute atomic E-state index is 13.0. The van der Waals surface area contributed by atoms with Crippen molar-refractivity contribution in [1.29, 1.82) is 5.26 Å². The maximum atomic E-state index is 13.0. The minimum absolute atomic E-state index is 0.0648. The molecule has 32 heavy (non-hydrogen) atoms. The molecule has 0 bridgehead atoms. The second-order valence-electron chi connectivity index (χ2n) is 6.49. The van der Waals surface area contributed by atoms with E-state index in [9.17, 15) is 36.4 Å². The number of halogens is 6. The van der Waals surface area contributed by atoms with E-state index in [4.69, 9.17) is 4.42 Å². The van der Waals surface area contributed by atoms with Crippen molar-refractivity contribution in [3.63, 3.8) is 0 Å². The molecular weight excluding hydrogens is 438 g/mol. The smallest absolute Gasteiger partial charge is 0.416 e. The number of benzene rings is 2. The van der Waals surface area contributed by atoms with Gasteiger partial charge in [0, 0.05) is 17.3 Å². The largest absolute Gasteiger partial charge is 0.457 e. The summed E-state index contributed by atoms with van der Waals surface area (Å²) in [7, 11) is 0. The second kappa shape index (κ2) is 8.63. The first-order valence-corrected chi connectivity index (χ1v) is 8.85. The van der Waals surface area contributed by atoms with Gasteiger partial charge >= 0.3 is 12.4 Å². The molecule has 0 aliphatic heterocycles. The predicted molar refractivity (Wildman–Crippen MR) is 103 cm³/mol. The van der Waals surface area contributed by atoms with Crippen molar-refractivity contribution in [2.45, 2.75) is 12.4 Å². The number of nitrogens with one attached hydrogen (secondary N) is 1. The molecule has 1 N–H and O–H groups in total. The molecule has 0 saturated heterocycles. The molecule has 3 rings (SSSR count). The number of alkyl halides is 6. The number of anilines is 1. The SMILES string of the molecule is N#C/C(=C\c1ccc(-c2ccccc2)o1)C(=O)Nc1cc(C(F)(F)F)cc(C(F)(F)F)c1. The fraction of sp³-hybridized carbons (Fsp3) is 0.0909. The Labute approximate surface area is 177 Å². The summed E-state index contributed by atoms with van der Waals surface area (Å²) in [6.07, 6.45) is -9.12. The van der Waals surface area contributed by atoms with Gasteiger partial charge in [-0.2, -0.15) is 31.6 Å². The van der Waals surface area contributed by atoms with E-state index >= 15 is 0 Å². The molecule has 1 amide bonds. The number of furan rings is 1. The van der Waals surface area contributed by atoms with Crippen molar-refractivity contribution in [3.05, 3.63) is 83.1 Å². The number of nitrogens with zero attached hydrogens (tertiary/aromatic N) is 1. The van der Waals surface area contributed by atoms with Crippen LogP contribution in [0.5, 0.6) is 0 Å². The van der Waals surface area contributed by atoms with E-state index in [1.54, 1.807) is 42.5 Å². The summed E-state index contributed by atoms with van der Waals surface area (Å²) in [4.78, 5) is 12.3. The number of amides is 1. The molecule has 0 atom stereocenters. The Hall–Kier alpha value is -4.00. The molecule has 0 aliphatic rings. The highest BCUT2D eigenvalue weighted by Crippen LogP contribution is 2.37. The molecule has 0 aliphatic carbocycles. The van der Waals surface area contributed by atoms with Crippen LogP contribution in [-0.4, -0.2) is 5.91 Å². The molecule has 0 radical (unpaired) electrons. The zero-order valence-corrected chi connectivity index (χ0v) is 15.9. The highest BCUT2D eigenvalue weighted by Gasteiger charge is 2.37. The van der Waals surface area contributed by atoms with E-state index in [1.165, 1.54) is 6.07 Å². The van der Waals surface area contributed by atoms with Gasteiger partial charge in [-0.05, 0) is 30.3 Å². The van der Waals surface area contributed by atoms with Crippen molar-refractivity contribution >= 4 is 17.7 Å². The molecule has 3 aromatic rings. The summed E-state index contributed by atoms with van der Waals surface area (Å²) >= 11 is 0. The monoisotopic (exact) mass is 450 g/mol. The fourth-order valence-electron chi connectivity index (χ4n) is 2.70. The Kier molecular flexibility index (Phi) is 6.11. The molecule has 0 unspecified atom stereocenters. The normalized spacial score (nSPS) is 12.3. The zero-order chi connectivity index (χ0) is 23.5. The van der Waals surface area contributed by atoms with Crippen molar-refractivity contribution in [1.82, 2.24) is 0 Å². The van der Waals surface area contributed by atoms with Gasteiger partial charge in [0.05, 0.1) is 11.1 Å². The molecule has 164 valence electrons. The van der Waals surface area contributed by atoms with Crippen molar-refractivity contribution in [2.24, 2.45) is 0 Å². The van der Waals surface area contributed by atoms with Gasteiger partial charge in [-0.25, -0.2) is 0 Å². The molecule has 0 saturated carbocycles. The number of carbonyl (C=O) groups is 1. The van der Waals surface area contributed by atoms with Gasteiger partial charge in [0.15, 0.2) is 0 Å². The van der Waals surface area contributed by atoms with Gasteiger partial charge < -0.3 is 9.73 Å². The number of carbonyl (C=O) groups excluding carboxylic acids is 1. The first-order valence-electron chi connectivity index (χ1n) is 8.85. The van der Waals surface area contributed by atoms with Crippen molar-refractivity contribution in [3.8, 4) is 17.4 Å². The Morgan fingerprint density at radius 3 is 2.03 bits per heavy atom. The lowest BCUT2D eigenvalue weighted by molar-refractivity contribution is -0.143. The second-order valence-corrected chi connectivity index (χ2v) is 6.49. The summed E-state index contributed by atoms with van der Waals surface area (Å²) in [5, 5.41) is 11.2. The average Bonchev–Trinajstić information content (AvgIpc) is 3.20. The quantitative estimate of drug-likeness (QED) is 0.279. The molecule has 1 aromatic heterocycles. The summed E-state index contributed by atoms with van der Waals surface area (Å²) in [6, 6.07) is 14.1. The fourth-order valence-corrected chi connectivity index (χ4v) is 2.70. The van der Waals surface area contributed by atoms with Gasteiger partial charge in [0.2, 0.25) is 0 Å². The van der Waals surface area contributed by atoms with Crippen LogP contribution < -0.4 is 5.32 Å². The lowest BCUT2D eigenvalue weighted by Gasteiger charge is -2.14. The first-order chi connectivity index (χ1) is 15.0. The van der Waals surface area contributed by atoms with E-state index in [2.05, 4.69) is 0 Å². The van der Waals surface area contributed by atoms with E-state index in [0.717, 1.165) is 11.6 Å². The molecule has 2 aromatic carbocycles. The van der Waals surface area contributed by atoms with Gasteiger partial charge in [-0.15, -0.1) is 0 Å². The Balaban J connectivity index is 1.89. The Morgan fingerprint density at radius 2 is 1.50 bits per heavy atom. The standard InChI is InChI=1S/C22H12F6N2O2/c23-21(24,25)15-9-16(22(26,27)28)11-17(10-15)30-20(31)14(12-29)8-18-6-7-19(32-18)13-4-2-1-3-5-13/h1-11H,(H,30,31)/b14-8+. The van der Waals surface area contributed by atoms with Crippen LogP contribution in [0.1, 0.15) is 16.9 Å². The van der Waals surface area contributed by atoms with Gasteiger partial charge in [-0.1, -0.05) is 30.3 Å². The average molecular weight is 450 g/mol. The van der Waals surface area contributed by atoms with Crippen molar-refractivity contribution < 1.29 is 35.6 Å². The highest BCUT2D eigenvalue weighted by atomic mass is 19.4. The summed E-state index contributed by atoms with van der Waals surface area (Å²) in [5.41, 5.74) is -3.81. The number of hydrogen-bond donors (Lipinski definition) is 1. The predicted octanol–water partition coefficient (Wildman–Crippen LogP) is 6.53. The van der Waals surface area contributed by atoms with Crippen LogP contribution in [-0.2, 0) is 17.1 Å².